The van der Waals surface area contributed by atoms with Crippen LogP contribution >= 0.6 is 0 Å². The lowest BCUT2D eigenvalue weighted by molar-refractivity contribution is 0.00458. The van der Waals surface area contributed by atoms with Crippen molar-refractivity contribution >= 4 is 6.09 Å². The second kappa shape index (κ2) is 8.69. The van der Waals surface area contributed by atoms with Crippen molar-refractivity contribution in [3.05, 3.63) is 29.6 Å². The molecule has 0 radical (unpaired) electrons. The molecule has 0 unspecified atom stereocenters. The van der Waals surface area contributed by atoms with E-state index in [0.29, 0.717) is 13.2 Å². The van der Waals surface area contributed by atoms with Crippen molar-refractivity contribution in [3.8, 4) is 5.75 Å². The molecule has 6 nitrogen and oxygen atoms in total. The number of amides is 1. The van der Waals surface area contributed by atoms with Gasteiger partial charge < -0.3 is 25.2 Å². The summed E-state index contributed by atoms with van der Waals surface area (Å²) < 4.78 is 23.7. The van der Waals surface area contributed by atoms with Gasteiger partial charge in [-0.15, -0.1) is 0 Å². The number of alkyl carbamates (subject to hydrolysis) is 1. The first-order valence-electron chi connectivity index (χ1n) is 7.74. The van der Waals surface area contributed by atoms with E-state index in [1.165, 1.54) is 19.2 Å². The van der Waals surface area contributed by atoms with Crippen LogP contribution in [0.25, 0.3) is 0 Å². The molecule has 1 aliphatic rings. The molecule has 128 valence electrons. The highest BCUT2D eigenvalue weighted by Crippen LogP contribution is 2.32. The van der Waals surface area contributed by atoms with Crippen LogP contribution < -0.4 is 10.6 Å². The number of aromatic hydroxyl groups is 1. The summed E-state index contributed by atoms with van der Waals surface area (Å²) in [5.41, 5.74) is 0.732. The topological polar surface area (TPSA) is 79.8 Å². The first kappa shape index (κ1) is 17.5. The molecule has 1 aromatic carbocycles. The molecule has 2 rings (SSSR count). The van der Waals surface area contributed by atoms with Gasteiger partial charge in [0.15, 0.2) is 11.6 Å². The smallest absolute Gasteiger partial charge is 0.406 e. The molecule has 1 amide bonds. The van der Waals surface area contributed by atoms with Crippen molar-refractivity contribution in [2.75, 3.05) is 33.4 Å². The van der Waals surface area contributed by atoms with Crippen LogP contribution in [0.2, 0.25) is 0 Å². The van der Waals surface area contributed by atoms with E-state index in [-0.39, 0.29) is 17.8 Å². The van der Waals surface area contributed by atoms with Crippen molar-refractivity contribution in [2.24, 2.45) is 5.92 Å². The summed E-state index contributed by atoms with van der Waals surface area (Å²) in [5.74, 6) is -0.805. The van der Waals surface area contributed by atoms with Crippen molar-refractivity contribution in [1.82, 2.24) is 10.6 Å². The SMILES string of the molecule is COC(=O)NCCO[C@@H](c1ccc(F)c(O)c1)[C@@H]1CCCNC1. The van der Waals surface area contributed by atoms with Gasteiger partial charge in [-0.1, -0.05) is 6.07 Å². The fourth-order valence-corrected chi connectivity index (χ4v) is 2.76. The van der Waals surface area contributed by atoms with Crippen LogP contribution in [-0.4, -0.2) is 44.6 Å². The Balaban J connectivity index is 2.02. The Kier molecular flexibility index (Phi) is 6.61. The normalized spacial score (nSPS) is 19.1. The predicted molar refractivity (Wildman–Crippen MR) is 82.8 cm³/mol. The Bertz CT molecular complexity index is 521. The highest BCUT2D eigenvalue weighted by molar-refractivity contribution is 5.66. The number of phenolic OH excluding ortho intramolecular Hbond substituents is 1. The zero-order valence-corrected chi connectivity index (χ0v) is 13.2. The third kappa shape index (κ3) is 5.07. The lowest BCUT2D eigenvalue weighted by atomic mass is 9.89. The molecule has 0 saturated carbocycles. The van der Waals surface area contributed by atoms with Crippen molar-refractivity contribution in [2.45, 2.75) is 18.9 Å². The number of ether oxygens (including phenoxy) is 2. The van der Waals surface area contributed by atoms with Crippen molar-refractivity contribution in [1.29, 1.82) is 0 Å². The van der Waals surface area contributed by atoms with Crippen molar-refractivity contribution in [3.63, 3.8) is 0 Å². The molecule has 3 N–H and O–H groups in total. The summed E-state index contributed by atoms with van der Waals surface area (Å²) >= 11 is 0. The van der Waals surface area contributed by atoms with Crippen LogP contribution in [0.1, 0.15) is 24.5 Å². The Morgan fingerprint density at radius 1 is 1.57 bits per heavy atom. The number of rotatable bonds is 6. The largest absolute Gasteiger partial charge is 0.505 e. The number of methoxy groups -OCH3 is 1. The third-order valence-corrected chi connectivity index (χ3v) is 3.92. The summed E-state index contributed by atoms with van der Waals surface area (Å²) in [5, 5.41) is 15.5. The van der Waals surface area contributed by atoms with E-state index < -0.39 is 11.9 Å². The molecule has 1 aromatic rings. The molecule has 1 saturated heterocycles. The molecule has 1 aliphatic heterocycles. The first-order valence-corrected chi connectivity index (χ1v) is 7.74. The number of carbonyl (C=O) groups is 1. The van der Waals surface area contributed by atoms with Gasteiger partial charge in [-0.2, -0.15) is 0 Å². The fraction of sp³-hybridized carbons (Fsp3) is 0.562. The molecule has 0 spiro atoms. The summed E-state index contributed by atoms with van der Waals surface area (Å²) in [6.07, 6.45) is 1.25. The van der Waals surface area contributed by atoms with Crippen LogP contribution in [-0.2, 0) is 9.47 Å². The zero-order valence-electron chi connectivity index (χ0n) is 13.2. The van der Waals surface area contributed by atoms with E-state index in [1.807, 2.05) is 0 Å². The lowest BCUT2D eigenvalue weighted by Crippen LogP contribution is -2.35. The van der Waals surface area contributed by atoms with Gasteiger partial charge in [-0.05, 0) is 37.1 Å². The molecule has 1 fully saturated rings. The molecular weight excluding hydrogens is 303 g/mol. The monoisotopic (exact) mass is 326 g/mol. The van der Waals surface area contributed by atoms with Gasteiger partial charge in [0.1, 0.15) is 0 Å². The van der Waals surface area contributed by atoms with Gasteiger partial charge in [0, 0.05) is 19.0 Å². The van der Waals surface area contributed by atoms with Crippen LogP contribution in [0.15, 0.2) is 18.2 Å². The highest BCUT2D eigenvalue weighted by Gasteiger charge is 2.26. The molecule has 23 heavy (non-hydrogen) atoms. The van der Waals surface area contributed by atoms with Gasteiger partial charge in [0.05, 0.1) is 19.8 Å². The number of halogens is 1. The fourth-order valence-electron chi connectivity index (χ4n) is 2.76. The van der Waals surface area contributed by atoms with Gasteiger partial charge >= 0.3 is 6.09 Å². The Labute approximate surface area is 135 Å². The average Bonchev–Trinajstić information content (AvgIpc) is 2.58. The van der Waals surface area contributed by atoms with Gasteiger partial charge in [0.2, 0.25) is 0 Å². The van der Waals surface area contributed by atoms with Gasteiger partial charge in [-0.3, -0.25) is 0 Å². The van der Waals surface area contributed by atoms with E-state index in [1.54, 1.807) is 6.07 Å². The number of phenols is 1. The standard InChI is InChI=1S/C16H23FN2O4/c1-22-16(21)19-7-8-23-15(12-3-2-6-18-10-12)11-4-5-13(17)14(20)9-11/h4-5,9,12,15,18,20H,2-3,6-8,10H2,1H3,(H,19,21)/t12-,15+/m1/s1. The molecule has 7 heteroatoms. The molecule has 0 aliphatic carbocycles. The molecule has 2 atom stereocenters. The zero-order chi connectivity index (χ0) is 16.7. The second-order valence-electron chi connectivity index (χ2n) is 5.53. The van der Waals surface area contributed by atoms with E-state index in [9.17, 15) is 14.3 Å². The third-order valence-electron chi connectivity index (χ3n) is 3.92. The molecule has 1 heterocycles. The lowest BCUT2D eigenvalue weighted by Gasteiger charge is -2.31. The summed E-state index contributed by atoms with van der Waals surface area (Å²) in [6, 6.07) is 4.27. The minimum atomic E-state index is -0.651. The van der Waals surface area contributed by atoms with E-state index >= 15 is 0 Å². The summed E-state index contributed by atoms with van der Waals surface area (Å²) in [6.45, 7) is 2.39. The number of hydrogen-bond donors (Lipinski definition) is 3. The Hall–Kier alpha value is -1.86. The minimum absolute atomic E-state index is 0.228. The molecule has 0 bridgehead atoms. The number of benzene rings is 1. The number of nitrogens with one attached hydrogen (secondary N) is 2. The van der Waals surface area contributed by atoms with Gasteiger partial charge in [0.25, 0.3) is 0 Å². The number of carbonyl (C=O) groups excluding carboxylic acids is 1. The van der Waals surface area contributed by atoms with Gasteiger partial charge in [-0.25, -0.2) is 9.18 Å². The van der Waals surface area contributed by atoms with Crippen LogP contribution in [0, 0.1) is 11.7 Å². The summed E-state index contributed by atoms with van der Waals surface area (Å²) in [7, 11) is 1.30. The molecular formula is C16H23FN2O4. The predicted octanol–water partition coefficient (Wildman–Crippen LogP) is 1.94. The molecule has 0 aromatic heterocycles. The van der Waals surface area contributed by atoms with E-state index in [4.69, 9.17) is 4.74 Å². The number of hydrogen-bond acceptors (Lipinski definition) is 5. The van der Waals surface area contributed by atoms with E-state index in [2.05, 4.69) is 15.4 Å². The second-order valence-corrected chi connectivity index (χ2v) is 5.53. The maximum absolute atomic E-state index is 13.3. The maximum Gasteiger partial charge on any atom is 0.406 e. The summed E-state index contributed by atoms with van der Waals surface area (Å²) in [4.78, 5) is 11.0. The van der Waals surface area contributed by atoms with Crippen LogP contribution in [0.3, 0.4) is 0 Å². The Morgan fingerprint density at radius 2 is 2.39 bits per heavy atom. The minimum Gasteiger partial charge on any atom is -0.505 e. The first-order chi connectivity index (χ1) is 11.1. The van der Waals surface area contributed by atoms with E-state index in [0.717, 1.165) is 31.5 Å². The van der Waals surface area contributed by atoms with Crippen molar-refractivity contribution < 1.29 is 23.8 Å². The quantitative estimate of drug-likeness (QED) is 0.696. The number of piperidine rings is 1. The Morgan fingerprint density at radius 3 is 3.04 bits per heavy atom. The van der Waals surface area contributed by atoms with Crippen LogP contribution in [0.4, 0.5) is 9.18 Å². The maximum atomic E-state index is 13.3. The average molecular weight is 326 g/mol. The highest BCUT2D eigenvalue weighted by atomic mass is 19.1. The van der Waals surface area contributed by atoms with Crippen LogP contribution in [0.5, 0.6) is 5.75 Å².